The molecular weight excluding hydrogens is 349 g/mol. The third-order valence-electron chi connectivity index (χ3n) is 3.14. The molecule has 2 aromatic rings. The minimum atomic E-state index is -0.297. The van der Waals surface area contributed by atoms with Gasteiger partial charge in [0, 0.05) is 11.6 Å². The summed E-state index contributed by atoms with van der Waals surface area (Å²) in [5, 5.41) is 6.79. The molecule has 5 nitrogen and oxygen atoms in total. The summed E-state index contributed by atoms with van der Waals surface area (Å²) in [4.78, 5) is 16.2. The maximum absolute atomic E-state index is 11.9. The summed E-state index contributed by atoms with van der Waals surface area (Å²) in [6.45, 7) is 2.86. The number of carbonyl (C=O) groups excluding carboxylic acids is 1. The summed E-state index contributed by atoms with van der Waals surface area (Å²) in [6, 6.07) is 8.44. The van der Waals surface area contributed by atoms with Crippen LogP contribution >= 0.6 is 23.2 Å². The molecule has 0 bridgehead atoms. The van der Waals surface area contributed by atoms with E-state index in [0.717, 1.165) is 25.2 Å². The second kappa shape index (κ2) is 9.35. The van der Waals surface area contributed by atoms with Crippen LogP contribution in [-0.4, -0.2) is 24.0 Å². The number of rotatable bonds is 8. The van der Waals surface area contributed by atoms with Crippen LogP contribution in [0, 0.1) is 0 Å². The fraction of sp³-hybridized carbons (Fsp3) is 0.294. The van der Waals surface area contributed by atoms with Gasteiger partial charge in [0.05, 0.1) is 16.9 Å². The quantitative estimate of drug-likeness (QED) is 0.668. The molecule has 0 saturated carbocycles. The molecule has 0 spiro atoms. The SMILES string of the molecule is CCCCNc1ccc(NC(=O)COc2ccc(Cl)cc2Cl)cn1. The zero-order valence-electron chi connectivity index (χ0n) is 13.3. The number of aromatic nitrogens is 1. The lowest BCUT2D eigenvalue weighted by Gasteiger charge is -2.09. The first-order chi connectivity index (χ1) is 11.6. The van der Waals surface area contributed by atoms with Gasteiger partial charge < -0.3 is 15.4 Å². The molecule has 24 heavy (non-hydrogen) atoms. The van der Waals surface area contributed by atoms with Crippen LogP contribution in [0.15, 0.2) is 36.5 Å². The summed E-state index contributed by atoms with van der Waals surface area (Å²) < 4.78 is 5.38. The fourth-order valence-electron chi connectivity index (χ4n) is 1.90. The lowest BCUT2D eigenvalue weighted by atomic mass is 10.3. The minimum absolute atomic E-state index is 0.155. The van der Waals surface area contributed by atoms with E-state index in [4.69, 9.17) is 27.9 Å². The standard InChI is InChI=1S/C17H19Cl2N3O2/c1-2-3-8-20-16-7-5-13(10-21-16)22-17(23)11-24-15-6-4-12(18)9-14(15)19/h4-7,9-10H,2-3,8,11H2,1H3,(H,20,21)(H,22,23). The van der Waals surface area contributed by atoms with Gasteiger partial charge in [0.2, 0.25) is 0 Å². The molecule has 0 atom stereocenters. The van der Waals surface area contributed by atoms with Crippen molar-refractivity contribution in [1.29, 1.82) is 0 Å². The second-order valence-electron chi connectivity index (χ2n) is 5.12. The summed E-state index contributed by atoms with van der Waals surface area (Å²) >= 11 is 11.8. The van der Waals surface area contributed by atoms with Crippen LogP contribution in [0.5, 0.6) is 5.75 Å². The molecule has 0 saturated heterocycles. The Labute approximate surface area is 151 Å². The van der Waals surface area contributed by atoms with Gasteiger partial charge in [-0.3, -0.25) is 4.79 Å². The fourth-order valence-corrected chi connectivity index (χ4v) is 2.36. The average Bonchev–Trinajstić information content (AvgIpc) is 2.56. The number of halogens is 2. The molecule has 1 heterocycles. The van der Waals surface area contributed by atoms with Crippen molar-refractivity contribution in [3.8, 4) is 5.75 Å². The third kappa shape index (κ3) is 5.91. The van der Waals surface area contributed by atoms with E-state index in [1.54, 1.807) is 30.5 Å². The van der Waals surface area contributed by atoms with Gasteiger partial charge >= 0.3 is 0 Å². The maximum Gasteiger partial charge on any atom is 0.262 e. The molecule has 1 amide bonds. The van der Waals surface area contributed by atoms with Crippen molar-refractivity contribution < 1.29 is 9.53 Å². The summed E-state index contributed by atoms with van der Waals surface area (Å²) in [7, 11) is 0. The van der Waals surface area contributed by atoms with Crippen LogP contribution in [0.3, 0.4) is 0 Å². The van der Waals surface area contributed by atoms with Crippen molar-refractivity contribution in [1.82, 2.24) is 4.98 Å². The molecule has 0 aliphatic heterocycles. The highest BCUT2D eigenvalue weighted by Crippen LogP contribution is 2.27. The molecule has 0 unspecified atom stereocenters. The lowest BCUT2D eigenvalue weighted by molar-refractivity contribution is -0.118. The van der Waals surface area contributed by atoms with Crippen molar-refractivity contribution >= 4 is 40.6 Å². The molecule has 0 fully saturated rings. The van der Waals surface area contributed by atoms with E-state index < -0.39 is 0 Å². The van der Waals surface area contributed by atoms with Crippen molar-refractivity contribution in [2.75, 3.05) is 23.8 Å². The Bertz CT molecular complexity index is 678. The molecular formula is C17H19Cl2N3O2. The molecule has 128 valence electrons. The predicted octanol–water partition coefficient (Wildman–Crippen LogP) is 4.62. The van der Waals surface area contributed by atoms with Gasteiger partial charge in [-0.25, -0.2) is 4.98 Å². The molecule has 0 radical (unpaired) electrons. The number of amides is 1. The van der Waals surface area contributed by atoms with Crippen LogP contribution in [0.25, 0.3) is 0 Å². The number of nitrogens with zero attached hydrogens (tertiary/aromatic N) is 1. The van der Waals surface area contributed by atoms with E-state index >= 15 is 0 Å². The summed E-state index contributed by atoms with van der Waals surface area (Å²) in [5.41, 5.74) is 0.604. The Morgan fingerprint density at radius 2 is 2.08 bits per heavy atom. The van der Waals surface area contributed by atoms with Crippen molar-refractivity contribution in [2.24, 2.45) is 0 Å². The lowest BCUT2D eigenvalue weighted by Crippen LogP contribution is -2.20. The number of hydrogen-bond donors (Lipinski definition) is 2. The molecule has 7 heteroatoms. The van der Waals surface area contributed by atoms with Crippen LogP contribution in [0.1, 0.15) is 19.8 Å². The number of benzene rings is 1. The highest BCUT2D eigenvalue weighted by atomic mass is 35.5. The zero-order chi connectivity index (χ0) is 17.4. The van der Waals surface area contributed by atoms with Gasteiger partial charge in [-0.2, -0.15) is 0 Å². The topological polar surface area (TPSA) is 63.2 Å². The number of carbonyl (C=O) groups is 1. The number of pyridine rings is 1. The minimum Gasteiger partial charge on any atom is -0.482 e. The predicted molar refractivity (Wildman–Crippen MR) is 98.2 cm³/mol. The van der Waals surface area contributed by atoms with Crippen LogP contribution in [-0.2, 0) is 4.79 Å². The van der Waals surface area contributed by atoms with Gasteiger partial charge in [-0.05, 0) is 36.8 Å². The monoisotopic (exact) mass is 367 g/mol. The van der Waals surface area contributed by atoms with Gasteiger partial charge in [0.1, 0.15) is 11.6 Å². The molecule has 2 rings (SSSR count). The normalized spacial score (nSPS) is 10.3. The Kier molecular flexibility index (Phi) is 7.15. The number of anilines is 2. The van der Waals surface area contributed by atoms with Crippen molar-refractivity contribution in [3.63, 3.8) is 0 Å². The van der Waals surface area contributed by atoms with E-state index in [0.29, 0.717) is 21.5 Å². The Morgan fingerprint density at radius 1 is 1.25 bits per heavy atom. The van der Waals surface area contributed by atoms with E-state index in [1.165, 1.54) is 0 Å². The Morgan fingerprint density at radius 3 is 2.75 bits per heavy atom. The molecule has 1 aromatic carbocycles. The molecule has 0 aliphatic rings. The second-order valence-corrected chi connectivity index (χ2v) is 5.97. The number of ether oxygens (including phenoxy) is 1. The summed E-state index contributed by atoms with van der Waals surface area (Å²) in [5.74, 6) is 0.893. The number of unbranched alkanes of at least 4 members (excludes halogenated alkanes) is 1. The molecule has 1 aromatic heterocycles. The van der Waals surface area contributed by atoms with Gasteiger partial charge in [0.25, 0.3) is 5.91 Å². The largest absolute Gasteiger partial charge is 0.482 e. The maximum atomic E-state index is 11.9. The Balaban J connectivity index is 1.81. The third-order valence-corrected chi connectivity index (χ3v) is 3.67. The Hall–Kier alpha value is -1.98. The van der Waals surface area contributed by atoms with Crippen molar-refractivity contribution in [2.45, 2.75) is 19.8 Å². The summed E-state index contributed by atoms with van der Waals surface area (Å²) in [6.07, 6.45) is 3.81. The molecule has 2 N–H and O–H groups in total. The first kappa shape index (κ1) is 18.4. The van der Waals surface area contributed by atoms with Crippen LogP contribution in [0.2, 0.25) is 10.0 Å². The highest BCUT2D eigenvalue weighted by Gasteiger charge is 2.07. The number of nitrogens with one attached hydrogen (secondary N) is 2. The van der Waals surface area contributed by atoms with E-state index in [1.807, 2.05) is 6.07 Å². The highest BCUT2D eigenvalue weighted by molar-refractivity contribution is 6.35. The van der Waals surface area contributed by atoms with E-state index in [2.05, 4.69) is 22.5 Å². The van der Waals surface area contributed by atoms with Gasteiger partial charge in [-0.15, -0.1) is 0 Å². The smallest absolute Gasteiger partial charge is 0.262 e. The number of hydrogen-bond acceptors (Lipinski definition) is 4. The van der Waals surface area contributed by atoms with Crippen molar-refractivity contribution in [3.05, 3.63) is 46.6 Å². The van der Waals surface area contributed by atoms with E-state index in [-0.39, 0.29) is 12.5 Å². The molecule has 0 aliphatic carbocycles. The van der Waals surface area contributed by atoms with Crippen LogP contribution in [0.4, 0.5) is 11.5 Å². The average molecular weight is 368 g/mol. The van der Waals surface area contributed by atoms with E-state index in [9.17, 15) is 4.79 Å². The van der Waals surface area contributed by atoms with Crippen LogP contribution < -0.4 is 15.4 Å². The first-order valence-electron chi connectivity index (χ1n) is 7.66. The first-order valence-corrected chi connectivity index (χ1v) is 8.41. The van der Waals surface area contributed by atoms with Gasteiger partial charge in [-0.1, -0.05) is 36.5 Å². The van der Waals surface area contributed by atoms with Gasteiger partial charge in [0.15, 0.2) is 6.61 Å². The zero-order valence-corrected chi connectivity index (χ0v) is 14.8.